The molecule has 4 heteroatoms. The van der Waals surface area contributed by atoms with E-state index < -0.39 is 0 Å². The number of H-pyrrole nitrogens is 1. The van der Waals surface area contributed by atoms with Gasteiger partial charge in [0, 0.05) is 5.25 Å². The van der Waals surface area contributed by atoms with E-state index in [2.05, 4.69) is 54.2 Å². The number of nitrogens with zero attached hydrogens (tertiary/aromatic N) is 2. The highest BCUT2D eigenvalue weighted by Gasteiger charge is 2.03. The molecule has 0 radical (unpaired) electrons. The summed E-state index contributed by atoms with van der Waals surface area (Å²) in [5, 5.41) is 8.39. The van der Waals surface area contributed by atoms with Crippen molar-refractivity contribution in [2.24, 2.45) is 0 Å². The maximum absolute atomic E-state index is 4.40. The minimum absolute atomic E-state index is 0.494. The van der Waals surface area contributed by atoms with Crippen LogP contribution in [0.15, 0.2) is 29.4 Å². The van der Waals surface area contributed by atoms with Gasteiger partial charge in [-0.05, 0) is 24.1 Å². The van der Waals surface area contributed by atoms with Crippen LogP contribution >= 0.6 is 11.8 Å². The highest BCUT2D eigenvalue weighted by atomic mass is 32.2. The molecule has 0 fully saturated rings. The molecule has 0 spiro atoms. The topological polar surface area (TPSA) is 41.6 Å². The number of nitrogens with one attached hydrogen (secondary N) is 1. The van der Waals surface area contributed by atoms with Gasteiger partial charge in [-0.3, -0.25) is 5.10 Å². The van der Waals surface area contributed by atoms with Crippen molar-refractivity contribution >= 4 is 23.9 Å². The zero-order valence-electron chi connectivity index (χ0n) is 10.8. The van der Waals surface area contributed by atoms with Crippen LogP contribution in [-0.2, 0) is 0 Å². The molecule has 3 nitrogen and oxygen atoms in total. The van der Waals surface area contributed by atoms with Gasteiger partial charge in [0.25, 0.3) is 0 Å². The van der Waals surface area contributed by atoms with Gasteiger partial charge in [0.1, 0.15) is 5.82 Å². The predicted octanol–water partition coefficient (Wildman–Crippen LogP) is 3.78. The quantitative estimate of drug-likeness (QED) is 0.849. The van der Waals surface area contributed by atoms with Crippen LogP contribution in [0.4, 0.5) is 0 Å². The molecule has 1 aromatic carbocycles. The summed E-state index contributed by atoms with van der Waals surface area (Å²) in [5.74, 6) is 0.793. The Morgan fingerprint density at radius 3 is 2.72 bits per heavy atom. The summed E-state index contributed by atoms with van der Waals surface area (Å²) in [7, 11) is 0. The summed E-state index contributed by atoms with van der Waals surface area (Å²) in [6.07, 6.45) is 4.01. The summed E-state index contributed by atoms with van der Waals surface area (Å²) in [5.41, 5.74) is 2.46. The molecule has 0 amide bonds. The number of aromatic amines is 1. The van der Waals surface area contributed by atoms with Crippen LogP contribution in [0.3, 0.4) is 0 Å². The van der Waals surface area contributed by atoms with Crippen LogP contribution in [0.1, 0.15) is 30.8 Å². The largest absolute Gasteiger partial charge is 0.259 e. The van der Waals surface area contributed by atoms with Crippen LogP contribution in [0.5, 0.6) is 0 Å². The number of hydrogen-bond donors (Lipinski definition) is 1. The summed E-state index contributed by atoms with van der Waals surface area (Å²) in [6, 6.07) is 8.26. The molecule has 18 heavy (non-hydrogen) atoms. The van der Waals surface area contributed by atoms with Crippen LogP contribution < -0.4 is 0 Å². The van der Waals surface area contributed by atoms with Gasteiger partial charge >= 0.3 is 0 Å². The monoisotopic (exact) mass is 259 g/mol. The van der Waals surface area contributed by atoms with E-state index in [4.69, 9.17) is 0 Å². The van der Waals surface area contributed by atoms with Gasteiger partial charge in [-0.25, -0.2) is 4.98 Å². The van der Waals surface area contributed by atoms with Crippen molar-refractivity contribution in [3.8, 4) is 0 Å². The molecule has 0 aliphatic heterocycles. The van der Waals surface area contributed by atoms with Crippen molar-refractivity contribution in [3.63, 3.8) is 0 Å². The summed E-state index contributed by atoms with van der Waals surface area (Å²) in [4.78, 5) is 4.40. The van der Waals surface area contributed by atoms with E-state index in [1.54, 1.807) is 11.8 Å². The molecule has 0 saturated heterocycles. The molecular formula is C14H17N3S. The molecule has 0 aliphatic rings. The molecule has 0 aliphatic carbocycles. The summed E-state index contributed by atoms with van der Waals surface area (Å²) < 4.78 is 0. The first kappa shape index (κ1) is 12.9. The van der Waals surface area contributed by atoms with E-state index in [1.165, 1.54) is 11.1 Å². The molecule has 0 saturated carbocycles. The van der Waals surface area contributed by atoms with Gasteiger partial charge in [0.15, 0.2) is 0 Å². The molecule has 1 heterocycles. The average Bonchev–Trinajstić information content (AvgIpc) is 2.75. The Hall–Kier alpha value is -1.55. The fourth-order valence-electron chi connectivity index (χ4n) is 1.54. The standard InChI is InChI=1S/C14H17N3S/c1-10(2)18-14-15-13(16-17-14)9-8-12-7-5-4-6-11(12)3/h4-10H,1-3H3,(H,15,16,17). The van der Waals surface area contributed by atoms with Crippen LogP contribution in [0.25, 0.3) is 12.2 Å². The number of thioether (sulfide) groups is 1. The number of rotatable bonds is 4. The second-order valence-electron chi connectivity index (χ2n) is 4.36. The number of aromatic nitrogens is 3. The van der Waals surface area contributed by atoms with Crippen molar-refractivity contribution in [1.29, 1.82) is 0 Å². The maximum atomic E-state index is 4.40. The van der Waals surface area contributed by atoms with E-state index in [1.807, 2.05) is 18.2 Å². The second-order valence-corrected chi connectivity index (χ2v) is 5.90. The zero-order valence-corrected chi connectivity index (χ0v) is 11.7. The molecule has 0 atom stereocenters. The Morgan fingerprint density at radius 2 is 2.00 bits per heavy atom. The van der Waals surface area contributed by atoms with Gasteiger partial charge in [0.2, 0.25) is 5.16 Å². The summed E-state index contributed by atoms with van der Waals surface area (Å²) >= 11 is 1.66. The molecule has 94 valence electrons. The Bertz CT molecular complexity index is 543. The van der Waals surface area contributed by atoms with Gasteiger partial charge in [-0.15, -0.1) is 5.10 Å². The number of aryl methyl sites for hydroxylation is 1. The highest BCUT2D eigenvalue weighted by molar-refractivity contribution is 7.99. The van der Waals surface area contributed by atoms with Crippen LogP contribution in [0, 0.1) is 6.92 Å². The molecule has 2 rings (SSSR count). The first-order valence-corrected chi connectivity index (χ1v) is 6.86. The lowest BCUT2D eigenvalue weighted by atomic mass is 10.1. The van der Waals surface area contributed by atoms with Crippen molar-refractivity contribution in [2.75, 3.05) is 0 Å². The fraction of sp³-hybridized carbons (Fsp3) is 0.286. The SMILES string of the molecule is Cc1ccccc1C=Cc1nc(SC(C)C)n[nH]1. The minimum atomic E-state index is 0.494. The lowest BCUT2D eigenvalue weighted by Gasteiger charge is -1.97. The van der Waals surface area contributed by atoms with Crippen molar-refractivity contribution in [2.45, 2.75) is 31.2 Å². The Morgan fingerprint density at radius 1 is 1.22 bits per heavy atom. The smallest absolute Gasteiger partial charge is 0.208 e. The van der Waals surface area contributed by atoms with Gasteiger partial charge in [0.05, 0.1) is 0 Å². The molecule has 2 aromatic rings. The molecule has 0 unspecified atom stereocenters. The first-order valence-electron chi connectivity index (χ1n) is 5.98. The van der Waals surface area contributed by atoms with E-state index in [0.29, 0.717) is 5.25 Å². The van der Waals surface area contributed by atoms with Gasteiger partial charge in [-0.1, -0.05) is 56.0 Å². The third-order valence-electron chi connectivity index (χ3n) is 2.43. The van der Waals surface area contributed by atoms with Crippen molar-refractivity contribution in [3.05, 3.63) is 41.2 Å². The molecule has 1 N–H and O–H groups in total. The van der Waals surface area contributed by atoms with E-state index >= 15 is 0 Å². The normalized spacial score (nSPS) is 11.6. The molecular weight excluding hydrogens is 242 g/mol. The van der Waals surface area contributed by atoms with Gasteiger partial charge < -0.3 is 0 Å². The van der Waals surface area contributed by atoms with Crippen molar-refractivity contribution < 1.29 is 0 Å². The Labute approximate surface area is 112 Å². The third kappa shape index (κ3) is 3.47. The highest BCUT2D eigenvalue weighted by Crippen LogP contribution is 2.18. The van der Waals surface area contributed by atoms with Crippen LogP contribution in [-0.4, -0.2) is 20.4 Å². The molecule has 1 aromatic heterocycles. The zero-order chi connectivity index (χ0) is 13.0. The maximum Gasteiger partial charge on any atom is 0.208 e. The van der Waals surface area contributed by atoms with E-state index in [0.717, 1.165) is 11.0 Å². The average molecular weight is 259 g/mol. The van der Waals surface area contributed by atoms with E-state index in [-0.39, 0.29) is 0 Å². The summed E-state index contributed by atoms with van der Waals surface area (Å²) in [6.45, 7) is 6.35. The number of benzene rings is 1. The van der Waals surface area contributed by atoms with E-state index in [9.17, 15) is 0 Å². The number of hydrogen-bond acceptors (Lipinski definition) is 3. The van der Waals surface area contributed by atoms with Crippen LogP contribution in [0.2, 0.25) is 0 Å². The third-order valence-corrected chi connectivity index (χ3v) is 3.30. The first-order chi connectivity index (χ1) is 8.65. The Kier molecular flexibility index (Phi) is 4.20. The molecule has 0 bridgehead atoms. The Balaban J connectivity index is 2.10. The predicted molar refractivity (Wildman–Crippen MR) is 77.5 cm³/mol. The van der Waals surface area contributed by atoms with Gasteiger partial charge in [-0.2, -0.15) is 0 Å². The fourth-order valence-corrected chi connectivity index (χ4v) is 2.21. The minimum Gasteiger partial charge on any atom is -0.259 e. The lowest BCUT2D eigenvalue weighted by Crippen LogP contribution is -1.87. The lowest BCUT2D eigenvalue weighted by molar-refractivity contribution is 0.961. The van der Waals surface area contributed by atoms with Crippen molar-refractivity contribution in [1.82, 2.24) is 15.2 Å². The second kappa shape index (κ2) is 5.87.